The standard InChI is InChI=1S/C24H28BrNOS.C4H4O4/c1-3-14-26(2)15-6-4-5-7-16-27-21-12-13-22-23(18-28-24(22)17-21)19-8-10-20(25)11-9-19;5-3(6)1-2-4(7)8/h3,8-13,17-18H,1,4-7,14-16H2,2H3;1-2H,(H,5,6)(H,7,8)/b;2-1+. The van der Waals surface area contributed by atoms with Gasteiger partial charge in [0.15, 0.2) is 0 Å². The van der Waals surface area contributed by atoms with E-state index >= 15 is 0 Å². The molecule has 3 aromatic rings. The SMILES string of the molecule is C=CCN(C)CCCCCCOc1ccc2c(-c3ccc(Br)cc3)csc2c1.O=C(O)/C=C/C(=O)O. The third kappa shape index (κ3) is 10.8. The zero-order valence-electron chi connectivity index (χ0n) is 20.4. The number of likely N-dealkylation sites (N-methyl/N-ethyl adjacent to an activating group) is 1. The van der Waals surface area contributed by atoms with E-state index in [0.29, 0.717) is 12.2 Å². The lowest BCUT2D eigenvalue weighted by Gasteiger charge is -2.13. The second kappa shape index (κ2) is 15.9. The molecule has 1 aromatic heterocycles. The van der Waals surface area contributed by atoms with Gasteiger partial charge in [0.2, 0.25) is 0 Å². The molecule has 0 aliphatic rings. The van der Waals surface area contributed by atoms with Crippen LogP contribution in [-0.2, 0) is 9.59 Å². The van der Waals surface area contributed by atoms with E-state index in [2.05, 4.69) is 82.3 Å². The molecule has 2 N–H and O–H groups in total. The van der Waals surface area contributed by atoms with Gasteiger partial charge in [0, 0.05) is 38.8 Å². The molecule has 0 aliphatic heterocycles. The van der Waals surface area contributed by atoms with Crippen molar-refractivity contribution < 1.29 is 24.5 Å². The summed E-state index contributed by atoms with van der Waals surface area (Å²) in [6, 6.07) is 15.0. The van der Waals surface area contributed by atoms with Crippen LogP contribution in [0.15, 0.2) is 77.1 Å². The van der Waals surface area contributed by atoms with Crippen LogP contribution in [-0.4, -0.2) is 53.8 Å². The lowest BCUT2D eigenvalue weighted by molar-refractivity contribution is -0.134. The molecule has 2 aromatic carbocycles. The van der Waals surface area contributed by atoms with Gasteiger partial charge in [0.05, 0.1) is 6.61 Å². The number of halogens is 1. The quantitative estimate of drug-likeness (QED) is 0.129. The van der Waals surface area contributed by atoms with Crippen LogP contribution in [0.4, 0.5) is 0 Å². The van der Waals surface area contributed by atoms with Crippen LogP contribution < -0.4 is 4.74 Å². The van der Waals surface area contributed by atoms with Crippen LogP contribution >= 0.6 is 27.3 Å². The highest BCUT2D eigenvalue weighted by molar-refractivity contribution is 9.10. The first-order valence-corrected chi connectivity index (χ1v) is 13.3. The minimum atomic E-state index is -1.26. The molecule has 0 radical (unpaired) electrons. The maximum Gasteiger partial charge on any atom is 0.328 e. The van der Waals surface area contributed by atoms with Crippen LogP contribution in [0.3, 0.4) is 0 Å². The van der Waals surface area contributed by atoms with Crippen molar-refractivity contribution in [3.8, 4) is 16.9 Å². The molecule has 1 heterocycles. The zero-order chi connectivity index (χ0) is 26.3. The van der Waals surface area contributed by atoms with Gasteiger partial charge in [-0.1, -0.05) is 47.0 Å². The predicted molar refractivity (Wildman–Crippen MR) is 151 cm³/mol. The summed E-state index contributed by atoms with van der Waals surface area (Å²) in [6.45, 7) is 6.68. The Labute approximate surface area is 224 Å². The number of carbonyl (C=O) groups is 2. The van der Waals surface area contributed by atoms with Crippen molar-refractivity contribution in [2.45, 2.75) is 25.7 Å². The first-order valence-electron chi connectivity index (χ1n) is 11.6. The van der Waals surface area contributed by atoms with Gasteiger partial charge in [-0.25, -0.2) is 9.59 Å². The molecule has 0 atom stereocenters. The highest BCUT2D eigenvalue weighted by atomic mass is 79.9. The van der Waals surface area contributed by atoms with Gasteiger partial charge in [0.1, 0.15) is 5.75 Å². The number of rotatable bonds is 13. The van der Waals surface area contributed by atoms with E-state index in [1.54, 1.807) is 11.3 Å². The Morgan fingerprint density at radius 1 is 1.03 bits per heavy atom. The Kier molecular flexibility index (Phi) is 13.0. The van der Waals surface area contributed by atoms with Gasteiger partial charge < -0.3 is 19.8 Å². The molecule has 3 rings (SSSR count). The van der Waals surface area contributed by atoms with Crippen LogP contribution in [0, 0.1) is 0 Å². The van der Waals surface area contributed by atoms with E-state index in [-0.39, 0.29) is 0 Å². The maximum atomic E-state index is 9.55. The molecule has 0 unspecified atom stereocenters. The van der Waals surface area contributed by atoms with E-state index < -0.39 is 11.9 Å². The molecule has 0 amide bonds. The second-order valence-electron chi connectivity index (χ2n) is 8.14. The Morgan fingerprint density at radius 3 is 2.33 bits per heavy atom. The lowest BCUT2D eigenvalue weighted by Crippen LogP contribution is -2.19. The molecule has 0 bridgehead atoms. The van der Waals surface area contributed by atoms with Gasteiger partial charge in [-0.05, 0) is 67.7 Å². The third-order valence-corrected chi connectivity index (χ3v) is 6.69. The van der Waals surface area contributed by atoms with Crippen molar-refractivity contribution in [2.75, 3.05) is 26.7 Å². The molecule has 0 aliphatic carbocycles. The van der Waals surface area contributed by atoms with Crippen molar-refractivity contribution in [1.29, 1.82) is 0 Å². The molecular formula is C28H32BrNO5S. The second-order valence-corrected chi connectivity index (χ2v) is 9.96. The minimum absolute atomic E-state index is 0.558. The topological polar surface area (TPSA) is 87.1 Å². The lowest BCUT2D eigenvalue weighted by atomic mass is 10.1. The Morgan fingerprint density at radius 2 is 1.69 bits per heavy atom. The summed E-state index contributed by atoms with van der Waals surface area (Å²) in [6.07, 6.45) is 7.90. The molecule has 8 heteroatoms. The largest absolute Gasteiger partial charge is 0.494 e. The average Bonchev–Trinajstić information content (AvgIpc) is 3.26. The molecule has 6 nitrogen and oxygen atoms in total. The van der Waals surface area contributed by atoms with E-state index in [1.807, 2.05) is 6.08 Å². The normalized spacial score (nSPS) is 10.9. The summed E-state index contributed by atoms with van der Waals surface area (Å²) in [5.74, 6) is -1.54. The van der Waals surface area contributed by atoms with Gasteiger partial charge >= 0.3 is 11.9 Å². The number of benzene rings is 2. The number of fused-ring (bicyclic) bond motifs is 1. The van der Waals surface area contributed by atoms with E-state index in [0.717, 1.165) is 36.3 Å². The van der Waals surface area contributed by atoms with Gasteiger partial charge in [0.25, 0.3) is 0 Å². The number of aliphatic carboxylic acids is 2. The van der Waals surface area contributed by atoms with Crippen molar-refractivity contribution >= 4 is 49.3 Å². The number of carboxylic acid groups (broad SMARTS) is 2. The zero-order valence-corrected chi connectivity index (χ0v) is 22.8. The summed E-state index contributed by atoms with van der Waals surface area (Å²) in [5, 5.41) is 19.2. The molecule has 0 fully saturated rings. The van der Waals surface area contributed by atoms with Gasteiger partial charge in [-0.15, -0.1) is 17.9 Å². The first-order chi connectivity index (χ1) is 17.3. The Balaban J connectivity index is 0.000000493. The summed E-state index contributed by atoms with van der Waals surface area (Å²) >= 11 is 5.29. The van der Waals surface area contributed by atoms with Crippen molar-refractivity contribution in [2.24, 2.45) is 0 Å². The number of nitrogens with zero attached hydrogens (tertiary/aromatic N) is 1. The fraction of sp³-hybridized carbons (Fsp3) is 0.286. The summed E-state index contributed by atoms with van der Waals surface area (Å²) in [7, 11) is 2.15. The van der Waals surface area contributed by atoms with E-state index in [4.69, 9.17) is 14.9 Å². The number of thiophene rings is 1. The van der Waals surface area contributed by atoms with Gasteiger partial charge in [-0.3, -0.25) is 0 Å². The molecule has 0 saturated carbocycles. The summed E-state index contributed by atoms with van der Waals surface area (Å²) in [4.78, 5) is 21.4. The molecule has 0 saturated heterocycles. The van der Waals surface area contributed by atoms with E-state index in [9.17, 15) is 9.59 Å². The summed E-state index contributed by atoms with van der Waals surface area (Å²) in [5.41, 5.74) is 2.54. The minimum Gasteiger partial charge on any atom is -0.494 e. The molecule has 36 heavy (non-hydrogen) atoms. The number of carboxylic acids is 2. The Hall–Kier alpha value is -2.94. The Bertz CT molecular complexity index is 1140. The molecular weight excluding hydrogens is 542 g/mol. The number of hydrogen-bond acceptors (Lipinski definition) is 5. The van der Waals surface area contributed by atoms with Crippen LogP contribution in [0.2, 0.25) is 0 Å². The monoisotopic (exact) mass is 573 g/mol. The van der Waals surface area contributed by atoms with Crippen LogP contribution in [0.1, 0.15) is 25.7 Å². The third-order valence-electron chi connectivity index (χ3n) is 5.21. The fourth-order valence-electron chi connectivity index (χ4n) is 3.43. The average molecular weight is 575 g/mol. The van der Waals surface area contributed by atoms with Crippen LogP contribution in [0.25, 0.3) is 21.2 Å². The molecule has 192 valence electrons. The number of ether oxygens (including phenoxy) is 1. The highest BCUT2D eigenvalue weighted by Crippen LogP contribution is 2.36. The van der Waals surface area contributed by atoms with E-state index in [1.165, 1.54) is 40.5 Å². The van der Waals surface area contributed by atoms with Gasteiger partial charge in [-0.2, -0.15) is 0 Å². The van der Waals surface area contributed by atoms with Crippen molar-refractivity contribution in [1.82, 2.24) is 4.90 Å². The number of hydrogen-bond donors (Lipinski definition) is 2. The predicted octanol–water partition coefficient (Wildman–Crippen LogP) is 7.10. The smallest absolute Gasteiger partial charge is 0.328 e. The number of unbranched alkanes of at least 4 members (excludes halogenated alkanes) is 3. The van der Waals surface area contributed by atoms with Crippen molar-refractivity contribution in [3.63, 3.8) is 0 Å². The molecule has 0 spiro atoms. The highest BCUT2D eigenvalue weighted by Gasteiger charge is 2.08. The fourth-order valence-corrected chi connectivity index (χ4v) is 4.69. The van der Waals surface area contributed by atoms with Crippen molar-refractivity contribution in [3.05, 3.63) is 77.1 Å². The van der Waals surface area contributed by atoms with Crippen LogP contribution in [0.5, 0.6) is 5.75 Å². The maximum absolute atomic E-state index is 9.55. The summed E-state index contributed by atoms with van der Waals surface area (Å²) < 4.78 is 8.37. The first kappa shape index (κ1) is 29.3.